The SMILES string of the molecule is Cn1nc2c(c1NC(=O)Cc1ccc(Cl)cc1)CN(C(=O)OC(C)(C)C)CC2. The Bertz CT molecular complexity index is 884. The second-order valence-electron chi connectivity index (χ2n) is 7.90. The molecule has 28 heavy (non-hydrogen) atoms. The topological polar surface area (TPSA) is 76.5 Å². The Kier molecular flexibility index (Phi) is 5.65. The van der Waals surface area contributed by atoms with Crippen molar-refractivity contribution in [1.29, 1.82) is 0 Å². The minimum Gasteiger partial charge on any atom is -0.444 e. The molecule has 2 heterocycles. The molecule has 1 aromatic carbocycles. The number of carbonyl (C=O) groups is 2. The monoisotopic (exact) mass is 404 g/mol. The molecule has 1 aliphatic heterocycles. The number of amides is 2. The van der Waals surface area contributed by atoms with Gasteiger partial charge in [0.2, 0.25) is 5.91 Å². The molecule has 2 aromatic rings. The number of carbonyl (C=O) groups excluding carboxylic acids is 2. The number of fused-ring (bicyclic) bond motifs is 1. The Morgan fingerprint density at radius 2 is 1.93 bits per heavy atom. The van der Waals surface area contributed by atoms with Gasteiger partial charge in [-0.25, -0.2) is 4.79 Å². The first-order chi connectivity index (χ1) is 13.1. The van der Waals surface area contributed by atoms with Crippen LogP contribution in [0.15, 0.2) is 24.3 Å². The Morgan fingerprint density at radius 3 is 2.57 bits per heavy atom. The van der Waals surface area contributed by atoms with Gasteiger partial charge in [-0.05, 0) is 38.5 Å². The first-order valence-electron chi connectivity index (χ1n) is 9.19. The Balaban J connectivity index is 1.72. The molecule has 2 amide bonds. The summed E-state index contributed by atoms with van der Waals surface area (Å²) in [6.07, 6.45) is 0.489. The molecule has 150 valence electrons. The largest absolute Gasteiger partial charge is 0.444 e. The molecule has 3 rings (SSSR count). The fraction of sp³-hybridized carbons (Fsp3) is 0.450. The normalized spacial score (nSPS) is 13.8. The van der Waals surface area contributed by atoms with Crippen molar-refractivity contribution in [3.05, 3.63) is 46.1 Å². The second-order valence-corrected chi connectivity index (χ2v) is 8.34. The standard InChI is InChI=1S/C20H25ClN4O3/c1-20(2,3)28-19(27)25-10-9-16-15(12-25)18(24(4)23-16)22-17(26)11-13-5-7-14(21)8-6-13/h5-8H,9-12H2,1-4H3,(H,22,26). The second kappa shape index (κ2) is 7.83. The first kappa shape index (κ1) is 20.2. The van der Waals surface area contributed by atoms with E-state index in [1.807, 2.05) is 32.9 Å². The Hall–Kier alpha value is -2.54. The third-order valence-corrected chi connectivity index (χ3v) is 4.64. The molecule has 1 aliphatic rings. The number of nitrogens with one attached hydrogen (secondary N) is 1. The van der Waals surface area contributed by atoms with Crippen LogP contribution in [0.5, 0.6) is 0 Å². The van der Waals surface area contributed by atoms with Gasteiger partial charge in [0.1, 0.15) is 11.4 Å². The number of nitrogens with zero attached hydrogens (tertiary/aromatic N) is 3. The zero-order valence-electron chi connectivity index (χ0n) is 16.6. The van der Waals surface area contributed by atoms with Gasteiger partial charge in [-0.1, -0.05) is 23.7 Å². The van der Waals surface area contributed by atoms with Crippen LogP contribution in [-0.4, -0.2) is 38.8 Å². The maximum absolute atomic E-state index is 12.5. The number of hydrogen-bond donors (Lipinski definition) is 1. The van der Waals surface area contributed by atoms with Gasteiger partial charge in [0, 0.05) is 30.6 Å². The maximum atomic E-state index is 12.5. The van der Waals surface area contributed by atoms with Crippen molar-refractivity contribution < 1.29 is 14.3 Å². The van der Waals surface area contributed by atoms with Crippen molar-refractivity contribution in [3.8, 4) is 0 Å². The van der Waals surface area contributed by atoms with Gasteiger partial charge in [0.05, 0.1) is 18.7 Å². The van der Waals surface area contributed by atoms with Crippen LogP contribution in [0.3, 0.4) is 0 Å². The van der Waals surface area contributed by atoms with Crippen LogP contribution >= 0.6 is 11.6 Å². The van der Waals surface area contributed by atoms with E-state index in [4.69, 9.17) is 16.3 Å². The quantitative estimate of drug-likeness (QED) is 0.848. The summed E-state index contributed by atoms with van der Waals surface area (Å²) in [6.45, 7) is 6.41. The van der Waals surface area contributed by atoms with Gasteiger partial charge in [-0.15, -0.1) is 0 Å². The summed E-state index contributed by atoms with van der Waals surface area (Å²) >= 11 is 5.89. The molecular formula is C20H25ClN4O3. The lowest BCUT2D eigenvalue weighted by Gasteiger charge is -2.29. The van der Waals surface area contributed by atoms with Crippen LogP contribution in [-0.2, 0) is 36.0 Å². The highest BCUT2D eigenvalue weighted by Crippen LogP contribution is 2.27. The van der Waals surface area contributed by atoms with E-state index in [1.54, 1.807) is 28.8 Å². The highest BCUT2D eigenvalue weighted by molar-refractivity contribution is 6.30. The number of rotatable bonds is 3. The number of aryl methyl sites for hydroxylation is 1. The van der Waals surface area contributed by atoms with Crippen LogP contribution < -0.4 is 5.32 Å². The van der Waals surface area contributed by atoms with Gasteiger partial charge in [-0.3, -0.25) is 9.48 Å². The van der Waals surface area contributed by atoms with Crippen molar-refractivity contribution >= 4 is 29.4 Å². The number of ether oxygens (including phenoxy) is 1. The predicted molar refractivity (Wildman–Crippen MR) is 107 cm³/mol. The van der Waals surface area contributed by atoms with Crippen LogP contribution in [0, 0.1) is 0 Å². The number of aromatic nitrogens is 2. The first-order valence-corrected chi connectivity index (χ1v) is 9.57. The van der Waals surface area contributed by atoms with Crippen LogP contribution in [0.4, 0.5) is 10.6 Å². The van der Waals surface area contributed by atoms with Crippen molar-refractivity contribution in [2.75, 3.05) is 11.9 Å². The van der Waals surface area contributed by atoms with E-state index in [1.165, 1.54) is 0 Å². The third kappa shape index (κ3) is 4.84. The summed E-state index contributed by atoms with van der Waals surface area (Å²) in [5, 5.41) is 8.07. The lowest BCUT2D eigenvalue weighted by Crippen LogP contribution is -2.40. The zero-order chi connectivity index (χ0) is 20.5. The Morgan fingerprint density at radius 1 is 1.25 bits per heavy atom. The van der Waals surface area contributed by atoms with E-state index in [0.717, 1.165) is 16.8 Å². The molecule has 1 N–H and O–H groups in total. The molecule has 0 bridgehead atoms. The summed E-state index contributed by atoms with van der Waals surface area (Å²) in [7, 11) is 1.79. The molecule has 0 spiro atoms. The molecule has 7 nitrogen and oxygen atoms in total. The number of halogens is 1. The van der Waals surface area contributed by atoms with E-state index < -0.39 is 5.60 Å². The highest BCUT2D eigenvalue weighted by atomic mass is 35.5. The van der Waals surface area contributed by atoms with Gasteiger partial charge >= 0.3 is 6.09 Å². The van der Waals surface area contributed by atoms with Crippen molar-refractivity contribution in [3.63, 3.8) is 0 Å². The summed E-state index contributed by atoms with van der Waals surface area (Å²) < 4.78 is 7.13. The van der Waals surface area contributed by atoms with Gasteiger partial charge in [0.25, 0.3) is 0 Å². The maximum Gasteiger partial charge on any atom is 0.410 e. The molecule has 0 aliphatic carbocycles. The molecule has 0 saturated heterocycles. The molecule has 1 aromatic heterocycles. The zero-order valence-corrected chi connectivity index (χ0v) is 17.3. The van der Waals surface area contributed by atoms with E-state index in [2.05, 4.69) is 10.4 Å². The van der Waals surface area contributed by atoms with Gasteiger partial charge in [0.15, 0.2) is 0 Å². The minimum absolute atomic E-state index is 0.150. The molecular weight excluding hydrogens is 380 g/mol. The fourth-order valence-corrected chi connectivity index (χ4v) is 3.23. The summed E-state index contributed by atoms with van der Waals surface area (Å²) in [5.74, 6) is 0.463. The average Bonchev–Trinajstić information content (AvgIpc) is 2.90. The van der Waals surface area contributed by atoms with E-state index in [0.29, 0.717) is 30.4 Å². The number of hydrogen-bond acceptors (Lipinski definition) is 4. The van der Waals surface area contributed by atoms with E-state index >= 15 is 0 Å². The van der Waals surface area contributed by atoms with E-state index in [9.17, 15) is 9.59 Å². The predicted octanol–water partition coefficient (Wildman–Crippen LogP) is 3.55. The number of anilines is 1. The number of benzene rings is 1. The molecule has 0 fully saturated rings. The highest BCUT2D eigenvalue weighted by Gasteiger charge is 2.30. The minimum atomic E-state index is -0.554. The van der Waals surface area contributed by atoms with Crippen LogP contribution in [0.2, 0.25) is 5.02 Å². The molecule has 0 unspecified atom stereocenters. The molecule has 0 saturated carbocycles. The van der Waals surface area contributed by atoms with Crippen LogP contribution in [0.1, 0.15) is 37.6 Å². The van der Waals surface area contributed by atoms with Crippen molar-refractivity contribution in [2.45, 2.75) is 45.8 Å². The fourth-order valence-electron chi connectivity index (χ4n) is 3.10. The average molecular weight is 405 g/mol. The Labute approximate surface area is 169 Å². The van der Waals surface area contributed by atoms with Crippen molar-refractivity contribution in [1.82, 2.24) is 14.7 Å². The molecule has 8 heteroatoms. The lowest BCUT2D eigenvalue weighted by molar-refractivity contribution is -0.115. The van der Waals surface area contributed by atoms with E-state index in [-0.39, 0.29) is 18.4 Å². The summed E-state index contributed by atoms with van der Waals surface area (Å²) in [6, 6.07) is 7.17. The molecule has 0 atom stereocenters. The van der Waals surface area contributed by atoms with Crippen molar-refractivity contribution in [2.24, 2.45) is 7.05 Å². The molecule has 0 radical (unpaired) electrons. The lowest BCUT2D eigenvalue weighted by atomic mass is 10.1. The summed E-state index contributed by atoms with van der Waals surface area (Å²) in [4.78, 5) is 26.6. The van der Waals surface area contributed by atoms with Gasteiger partial charge in [-0.2, -0.15) is 5.10 Å². The summed E-state index contributed by atoms with van der Waals surface area (Å²) in [5.41, 5.74) is 2.06. The van der Waals surface area contributed by atoms with Crippen LogP contribution in [0.25, 0.3) is 0 Å². The smallest absolute Gasteiger partial charge is 0.410 e. The third-order valence-electron chi connectivity index (χ3n) is 4.38. The van der Waals surface area contributed by atoms with Gasteiger partial charge < -0.3 is 15.0 Å².